The molecule has 0 aliphatic heterocycles. The van der Waals surface area contributed by atoms with Crippen molar-refractivity contribution in [2.75, 3.05) is 39.5 Å². The van der Waals surface area contributed by atoms with Crippen LogP contribution in [0, 0.1) is 5.92 Å². The van der Waals surface area contributed by atoms with Crippen molar-refractivity contribution in [2.24, 2.45) is 20.9 Å². The Labute approximate surface area is 172 Å². The highest BCUT2D eigenvalue weighted by atomic mass is 16.5. The SMILES string of the molecule is O=C=NCCOC(=O)CCCC(CCC(=O)OCCN=C=O)C(=O)OCCN=C=O. The number of esters is 3. The van der Waals surface area contributed by atoms with Gasteiger partial charge in [0.15, 0.2) is 0 Å². The van der Waals surface area contributed by atoms with E-state index in [4.69, 9.17) is 14.2 Å². The Morgan fingerprint density at radius 1 is 0.667 bits per heavy atom. The highest BCUT2D eigenvalue weighted by molar-refractivity contribution is 5.75. The van der Waals surface area contributed by atoms with Gasteiger partial charge in [-0.05, 0) is 19.3 Å². The minimum absolute atomic E-state index is 0.00176. The van der Waals surface area contributed by atoms with Crippen LogP contribution >= 0.6 is 0 Å². The van der Waals surface area contributed by atoms with Gasteiger partial charge in [0.25, 0.3) is 0 Å². The van der Waals surface area contributed by atoms with E-state index in [0.717, 1.165) is 0 Å². The van der Waals surface area contributed by atoms with E-state index in [-0.39, 0.29) is 65.1 Å². The maximum absolute atomic E-state index is 12.2. The molecule has 0 rings (SSSR count). The van der Waals surface area contributed by atoms with E-state index in [0.29, 0.717) is 6.42 Å². The predicted molar refractivity (Wildman–Crippen MR) is 98.4 cm³/mol. The summed E-state index contributed by atoms with van der Waals surface area (Å²) in [6, 6.07) is 0. The molecule has 1 atom stereocenters. The molecule has 0 saturated carbocycles. The first-order chi connectivity index (χ1) is 14.5. The van der Waals surface area contributed by atoms with Crippen molar-refractivity contribution in [2.45, 2.75) is 32.1 Å². The van der Waals surface area contributed by atoms with Crippen LogP contribution < -0.4 is 0 Å². The van der Waals surface area contributed by atoms with Crippen LogP contribution in [0.4, 0.5) is 0 Å². The summed E-state index contributed by atoms with van der Waals surface area (Å²) in [5, 5.41) is 0. The lowest BCUT2D eigenvalue weighted by Crippen LogP contribution is -2.21. The molecule has 164 valence electrons. The predicted octanol–water partition coefficient (Wildman–Crippen LogP) is 0.190. The molecule has 0 aromatic rings. The van der Waals surface area contributed by atoms with Crippen molar-refractivity contribution in [3.05, 3.63) is 0 Å². The number of isocyanates is 3. The second-order valence-electron chi connectivity index (χ2n) is 5.66. The van der Waals surface area contributed by atoms with Crippen molar-refractivity contribution in [3.8, 4) is 0 Å². The summed E-state index contributed by atoms with van der Waals surface area (Å²) in [4.78, 5) is 75.1. The van der Waals surface area contributed by atoms with Crippen LogP contribution in [0.25, 0.3) is 0 Å². The lowest BCUT2D eigenvalue weighted by atomic mass is 9.96. The topological polar surface area (TPSA) is 167 Å². The summed E-state index contributed by atoms with van der Waals surface area (Å²) >= 11 is 0. The number of carbonyl (C=O) groups excluding carboxylic acids is 6. The van der Waals surface area contributed by atoms with Crippen molar-refractivity contribution in [1.29, 1.82) is 0 Å². The lowest BCUT2D eigenvalue weighted by molar-refractivity contribution is -0.151. The number of nitrogens with zero attached hydrogens (tertiary/aromatic N) is 3. The maximum atomic E-state index is 12.2. The number of hydrogen-bond acceptors (Lipinski definition) is 12. The third-order valence-electron chi connectivity index (χ3n) is 3.54. The largest absolute Gasteiger partial charge is 0.464 e. The van der Waals surface area contributed by atoms with Gasteiger partial charge in [0, 0.05) is 12.8 Å². The van der Waals surface area contributed by atoms with E-state index in [2.05, 4.69) is 15.0 Å². The molecule has 1 unspecified atom stereocenters. The van der Waals surface area contributed by atoms with Gasteiger partial charge in [0.05, 0.1) is 25.6 Å². The summed E-state index contributed by atoms with van der Waals surface area (Å²) in [5.41, 5.74) is 0. The molecule has 0 spiro atoms. The zero-order valence-electron chi connectivity index (χ0n) is 16.4. The molecule has 0 aromatic heterocycles. The van der Waals surface area contributed by atoms with Gasteiger partial charge >= 0.3 is 17.9 Å². The van der Waals surface area contributed by atoms with Gasteiger partial charge in [0.1, 0.15) is 19.8 Å². The van der Waals surface area contributed by atoms with E-state index in [1.54, 1.807) is 0 Å². The molecule has 0 radical (unpaired) electrons. The van der Waals surface area contributed by atoms with Gasteiger partial charge in [-0.3, -0.25) is 14.4 Å². The number of rotatable bonds is 17. The molecule has 0 aromatic carbocycles. The van der Waals surface area contributed by atoms with Crippen LogP contribution in [0.3, 0.4) is 0 Å². The summed E-state index contributed by atoms with van der Waals surface area (Å²) < 4.78 is 14.7. The number of ether oxygens (including phenoxy) is 3. The standard InChI is InChI=1S/C18H23N3O9/c22-12-19-6-9-28-16(25)3-1-2-15(18(27)30-11-8-21-14-24)4-5-17(26)29-10-7-20-13-23/h15H,1-11H2. The average molecular weight is 425 g/mol. The van der Waals surface area contributed by atoms with Crippen LogP contribution in [-0.2, 0) is 43.0 Å². The summed E-state index contributed by atoms with van der Waals surface area (Å²) in [7, 11) is 0. The minimum atomic E-state index is -0.682. The Balaban J connectivity index is 4.48. The van der Waals surface area contributed by atoms with Crippen LogP contribution in [0.5, 0.6) is 0 Å². The first-order valence-electron chi connectivity index (χ1n) is 9.13. The molecule has 0 amide bonds. The van der Waals surface area contributed by atoms with E-state index in [9.17, 15) is 28.8 Å². The van der Waals surface area contributed by atoms with Crippen LogP contribution in [0.2, 0.25) is 0 Å². The third kappa shape index (κ3) is 15.6. The first kappa shape index (κ1) is 26.5. The van der Waals surface area contributed by atoms with E-state index >= 15 is 0 Å². The fraction of sp³-hybridized carbons (Fsp3) is 0.667. The zero-order valence-corrected chi connectivity index (χ0v) is 16.4. The highest BCUT2D eigenvalue weighted by Gasteiger charge is 2.22. The zero-order chi connectivity index (χ0) is 22.5. The summed E-state index contributed by atoms with van der Waals surface area (Å²) in [6.45, 7) is -0.246. The Morgan fingerprint density at radius 2 is 1.13 bits per heavy atom. The van der Waals surface area contributed by atoms with Crippen molar-refractivity contribution < 1.29 is 43.0 Å². The van der Waals surface area contributed by atoms with Gasteiger partial charge in [-0.2, -0.15) is 0 Å². The first-order valence-corrected chi connectivity index (χ1v) is 9.13. The molecule has 12 heteroatoms. The molecular formula is C18H23N3O9. The van der Waals surface area contributed by atoms with Crippen molar-refractivity contribution in [3.63, 3.8) is 0 Å². The van der Waals surface area contributed by atoms with Gasteiger partial charge in [-0.15, -0.1) is 0 Å². The monoisotopic (exact) mass is 425 g/mol. The molecule has 0 N–H and O–H groups in total. The Bertz CT molecular complexity index is 691. The Kier molecular flexibility index (Phi) is 16.7. The third-order valence-corrected chi connectivity index (χ3v) is 3.54. The fourth-order valence-electron chi connectivity index (χ4n) is 2.17. The van der Waals surface area contributed by atoms with Gasteiger partial charge in [0.2, 0.25) is 18.2 Å². The molecule has 0 aliphatic rings. The van der Waals surface area contributed by atoms with E-state index in [1.807, 2.05) is 0 Å². The molecule has 0 heterocycles. The average Bonchev–Trinajstić information content (AvgIpc) is 2.74. The normalized spacial score (nSPS) is 10.4. The molecule has 0 aliphatic carbocycles. The highest BCUT2D eigenvalue weighted by Crippen LogP contribution is 2.18. The molecule has 0 fully saturated rings. The Hall–Kier alpha value is -3.45. The maximum Gasteiger partial charge on any atom is 0.309 e. The second-order valence-corrected chi connectivity index (χ2v) is 5.66. The number of aliphatic imine (C=N–C) groups is 3. The molecule has 12 nitrogen and oxygen atoms in total. The Morgan fingerprint density at radius 3 is 1.63 bits per heavy atom. The smallest absolute Gasteiger partial charge is 0.309 e. The summed E-state index contributed by atoms with van der Waals surface area (Å²) in [6.07, 6.45) is 4.58. The fourth-order valence-corrected chi connectivity index (χ4v) is 2.17. The van der Waals surface area contributed by atoms with Gasteiger partial charge in [-0.25, -0.2) is 29.4 Å². The quantitative estimate of drug-likeness (QED) is 0.104. The molecule has 0 bridgehead atoms. The van der Waals surface area contributed by atoms with Crippen LogP contribution in [-0.4, -0.2) is 75.6 Å². The number of carbonyl (C=O) groups is 3. The van der Waals surface area contributed by atoms with E-state index in [1.165, 1.54) is 18.2 Å². The van der Waals surface area contributed by atoms with Crippen molar-refractivity contribution >= 4 is 36.1 Å². The lowest BCUT2D eigenvalue weighted by Gasteiger charge is -2.15. The van der Waals surface area contributed by atoms with Crippen LogP contribution in [0.1, 0.15) is 32.1 Å². The second kappa shape index (κ2) is 18.9. The van der Waals surface area contributed by atoms with Gasteiger partial charge < -0.3 is 14.2 Å². The summed E-state index contributed by atoms with van der Waals surface area (Å²) in [5.74, 6) is -2.37. The molecule has 30 heavy (non-hydrogen) atoms. The molecular weight excluding hydrogens is 402 g/mol. The molecule has 0 saturated heterocycles. The number of hydrogen-bond donors (Lipinski definition) is 0. The minimum Gasteiger partial charge on any atom is -0.464 e. The van der Waals surface area contributed by atoms with E-state index < -0.39 is 23.8 Å². The van der Waals surface area contributed by atoms with Crippen molar-refractivity contribution in [1.82, 2.24) is 0 Å². The van der Waals surface area contributed by atoms with Gasteiger partial charge in [-0.1, -0.05) is 0 Å². The van der Waals surface area contributed by atoms with Crippen LogP contribution in [0.15, 0.2) is 15.0 Å².